The molecule has 0 spiro atoms. The summed E-state index contributed by atoms with van der Waals surface area (Å²) in [7, 11) is 1.52. The molecule has 0 fully saturated rings. The van der Waals surface area contributed by atoms with E-state index in [2.05, 4.69) is 4.98 Å². The van der Waals surface area contributed by atoms with E-state index < -0.39 is 11.4 Å². The zero-order valence-electron chi connectivity index (χ0n) is 10.2. The van der Waals surface area contributed by atoms with Crippen LogP contribution in [0, 0.1) is 0 Å². The SMILES string of the molecule is COc1cccc(Cn2ccc(=O)c(C(=O)O)c2)n1. The Morgan fingerprint density at radius 3 is 2.89 bits per heavy atom. The van der Waals surface area contributed by atoms with Gasteiger partial charge in [0, 0.05) is 24.5 Å². The number of nitrogens with zero attached hydrogens (tertiary/aromatic N) is 2. The van der Waals surface area contributed by atoms with Crippen LogP contribution >= 0.6 is 0 Å². The Kier molecular flexibility index (Phi) is 3.61. The van der Waals surface area contributed by atoms with Gasteiger partial charge in [-0.3, -0.25) is 4.79 Å². The molecule has 0 aliphatic carbocycles. The van der Waals surface area contributed by atoms with E-state index in [0.717, 1.165) is 0 Å². The molecular weight excluding hydrogens is 248 g/mol. The van der Waals surface area contributed by atoms with Crippen LogP contribution in [0.4, 0.5) is 0 Å². The highest BCUT2D eigenvalue weighted by molar-refractivity contribution is 5.86. The van der Waals surface area contributed by atoms with E-state index in [1.54, 1.807) is 22.8 Å². The van der Waals surface area contributed by atoms with Gasteiger partial charge in [0.2, 0.25) is 5.88 Å². The van der Waals surface area contributed by atoms with Crippen LogP contribution in [0.15, 0.2) is 41.5 Å². The first kappa shape index (κ1) is 12.8. The molecule has 0 aromatic carbocycles. The van der Waals surface area contributed by atoms with Gasteiger partial charge in [-0.15, -0.1) is 0 Å². The third kappa shape index (κ3) is 2.98. The zero-order valence-corrected chi connectivity index (χ0v) is 10.2. The number of aromatic nitrogens is 2. The highest BCUT2D eigenvalue weighted by Crippen LogP contribution is 2.08. The lowest BCUT2D eigenvalue weighted by Crippen LogP contribution is -2.17. The van der Waals surface area contributed by atoms with Crippen molar-refractivity contribution in [3.63, 3.8) is 0 Å². The summed E-state index contributed by atoms with van der Waals surface area (Å²) < 4.78 is 6.60. The number of pyridine rings is 2. The number of carbonyl (C=O) groups is 1. The third-order valence-electron chi connectivity index (χ3n) is 2.54. The van der Waals surface area contributed by atoms with E-state index in [1.165, 1.54) is 25.6 Å². The predicted octanol–water partition coefficient (Wildman–Crippen LogP) is 0.998. The maximum Gasteiger partial charge on any atom is 0.341 e. The largest absolute Gasteiger partial charge is 0.481 e. The number of carboxylic acids is 1. The van der Waals surface area contributed by atoms with Crippen LogP contribution in [-0.4, -0.2) is 27.7 Å². The summed E-state index contributed by atoms with van der Waals surface area (Å²) in [5.74, 6) is -0.755. The van der Waals surface area contributed by atoms with Crippen molar-refractivity contribution in [2.75, 3.05) is 7.11 Å². The fourth-order valence-corrected chi connectivity index (χ4v) is 1.63. The first-order valence-electron chi connectivity index (χ1n) is 5.53. The molecule has 0 saturated heterocycles. The minimum Gasteiger partial charge on any atom is -0.481 e. The summed E-state index contributed by atoms with van der Waals surface area (Å²) in [4.78, 5) is 26.4. The summed E-state index contributed by atoms with van der Waals surface area (Å²) in [6.45, 7) is 0.359. The average molecular weight is 260 g/mol. The summed E-state index contributed by atoms with van der Waals surface area (Å²) in [6, 6.07) is 6.53. The topological polar surface area (TPSA) is 81.4 Å². The van der Waals surface area contributed by atoms with Crippen molar-refractivity contribution in [1.29, 1.82) is 0 Å². The lowest BCUT2D eigenvalue weighted by molar-refractivity contribution is 0.0694. The van der Waals surface area contributed by atoms with Gasteiger partial charge in [0.05, 0.1) is 19.3 Å². The van der Waals surface area contributed by atoms with Crippen molar-refractivity contribution < 1.29 is 14.6 Å². The molecule has 2 heterocycles. The quantitative estimate of drug-likeness (QED) is 0.886. The normalized spacial score (nSPS) is 10.2. The van der Waals surface area contributed by atoms with E-state index in [1.807, 2.05) is 0 Å². The van der Waals surface area contributed by atoms with E-state index in [4.69, 9.17) is 9.84 Å². The second kappa shape index (κ2) is 5.34. The lowest BCUT2D eigenvalue weighted by atomic mass is 10.2. The Balaban J connectivity index is 2.30. The molecule has 0 saturated carbocycles. The van der Waals surface area contributed by atoms with Crippen molar-refractivity contribution in [2.24, 2.45) is 0 Å². The van der Waals surface area contributed by atoms with Crippen LogP contribution < -0.4 is 10.2 Å². The second-order valence-corrected chi connectivity index (χ2v) is 3.87. The van der Waals surface area contributed by atoms with Gasteiger partial charge in [0.1, 0.15) is 5.56 Å². The van der Waals surface area contributed by atoms with Crippen LogP contribution in [0.25, 0.3) is 0 Å². The van der Waals surface area contributed by atoms with Gasteiger partial charge in [-0.25, -0.2) is 9.78 Å². The number of hydrogen-bond acceptors (Lipinski definition) is 4. The molecule has 2 aromatic heterocycles. The highest BCUT2D eigenvalue weighted by atomic mass is 16.5. The molecule has 19 heavy (non-hydrogen) atoms. The van der Waals surface area contributed by atoms with Crippen molar-refractivity contribution in [3.05, 3.63) is 58.1 Å². The molecule has 0 aliphatic heterocycles. The molecule has 0 aliphatic rings. The van der Waals surface area contributed by atoms with Gasteiger partial charge in [0.25, 0.3) is 0 Å². The number of ether oxygens (including phenoxy) is 1. The fraction of sp³-hybridized carbons (Fsp3) is 0.154. The molecule has 0 atom stereocenters. The molecule has 0 unspecified atom stereocenters. The number of rotatable bonds is 4. The van der Waals surface area contributed by atoms with Crippen LogP contribution in [-0.2, 0) is 6.54 Å². The Morgan fingerprint density at radius 1 is 1.42 bits per heavy atom. The van der Waals surface area contributed by atoms with Crippen LogP contribution in [0.3, 0.4) is 0 Å². The monoisotopic (exact) mass is 260 g/mol. The van der Waals surface area contributed by atoms with Crippen molar-refractivity contribution in [3.8, 4) is 5.88 Å². The first-order chi connectivity index (χ1) is 9.10. The van der Waals surface area contributed by atoms with Gasteiger partial charge in [0.15, 0.2) is 5.43 Å². The molecule has 0 bridgehead atoms. The maximum absolute atomic E-state index is 11.3. The van der Waals surface area contributed by atoms with Crippen molar-refractivity contribution in [1.82, 2.24) is 9.55 Å². The molecule has 98 valence electrons. The minimum absolute atomic E-state index is 0.259. The Bertz CT molecular complexity index is 664. The van der Waals surface area contributed by atoms with Gasteiger partial charge in [-0.1, -0.05) is 6.07 Å². The number of hydrogen-bond donors (Lipinski definition) is 1. The molecule has 1 N–H and O–H groups in total. The van der Waals surface area contributed by atoms with E-state index >= 15 is 0 Å². The zero-order chi connectivity index (χ0) is 13.8. The molecular formula is C13H12N2O4. The second-order valence-electron chi connectivity index (χ2n) is 3.87. The summed E-state index contributed by atoms with van der Waals surface area (Å²) in [6.07, 6.45) is 2.82. The van der Waals surface area contributed by atoms with Crippen LogP contribution in [0.1, 0.15) is 16.1 Å². The lowest BCUT2D eigenvalue weighted by Gasteiger charge is -2.07. The molecule has 6 nitrogen and oxygen atoms in total. The van der Waals surface area contributed by atoms with Gasteiger partial charge in [-0.05, 0) is 6.07 Å². The van der Waals surface area contributed by atoms with E-state index in [0.29, 0.717) is 18.1 Å². The van der Waals surface area contributed by atoms with Crippen LogP contribution in [0.5, 0.6) is 5.88 Å². The number of methoxy groups -OCH3 is 1. The van der Waals surface area contributed by atoms with Crippen molar-refractivity contribution in [2.45, 2.75) is 6.54 Å². The highest BCUT2D eigenvalue weighted by Gasteiger charge is 2.08. The third-order valence-corrected chi connectivity index (χ3v) is 2.54. The summed E-state index contributed by atoms with van der Waals surface area (Å²) in [5.41, 5.74) is -0.0629. The molecule has 0 amide bonds. The molecule has 2 aromatic rings. The number of carboxylic acid groups (broad SMARTS) is 1. The van der Waals surface area contributed by atoms with Gasteiger partial charge >= 0.3 is 5.97 Å². The van der Waals surface area contributed by atoms with E-state index in [-0.39, 0.29) is 5.56 Å². The van der Waals surface area contributed by atoms with E-state index in [9.17, 15) is 9.59 Å². The van der Waals surface area contributed by atoms with Gasteiger partial charge < -0.3 is 14.4 Å². The Hall–Kier alpha value is -2.63. The minimum atomic E-state index is -1.24. The Morgan fingerprint density at radius 2 is 2.21 bits per heavy atom. The summed E-state index contributed by atoms with van der Waals surface area (Å²) >= 11 is 0. The van der Waals surface area contributed by atoms with Crippen molar-refractivity contribution >= 4 is 5.97 Å². The Labute approximate surface area is 108 Å². The summed E-state index contributed by atoms with van der Waals surface area (Å²) in [5, 5.41) is 8.89. The standard InChI is InChI=1S/C13H12N2O4/c1-19-12-4-2-3-9(14-12)7-15-6-5-11(16)10(8-15)13(17)18/h2-6,8H,7H2,1H3,(H,17,18). The average Bonchev–Trinajstić information content (AvgIpc) is 2.41. The van der Waals surface area contributed by atoms with Gasteiger partial charge in [-0.2, -0.15) is 0 Å². The molecule has 2 rings (SSSR count). The fourth-order valence-electron chi connectivity index (χ4n) is 1.63. The smallest absolute Gasteiger partial charge is 0.341 e. The van der Waals surface area contributed by atoms with Crippen LogP contribution in [0.2, 0.25) is 0 Å². The number of aromatic carboxylic acids is 1. The molecule has 6 heteroatoms. The molecule has 0 radical (unpaired) electrons. The maximum atomic E-state index is 11.3. The predicted molar refractivity (Wildman–Crippen MR) is 67.6 cm³/mol. The first-order valence-corrected chi connectivity index (χ1v) is 5.53.